The topological polar surface area (TPSA) is 15.6 Å². The third-order valence-electron chi connectivity index (χ3n) is 1.18. The van der Waals surface area contributed by atoms with Crippen molar-refractivity contribution in [3.05, 3.63) is 12.3 Å². The van der Waals surface area contributed by atoms with E-state index in [0.717, 1.165) is 0 Å². The Bertz CT molecular complexity index is 142. The molecule has 0 saturated carbocycles. The average Bonchev–Trinajstić information content (AvgIpc) is 1.89. The zero-order chi connectivity index (χ0) is 6.69. The monoisotopic (exact) mass is 142 g/mol. The number of rotatable bonds is 1. The SMILES string of the molecule is CSC1N=CC=CN1C. The van der Waals surface area contributed by atoms with Crippen molar-refractivity contribution in [2.75, 3.05) is 13.3 Å². The number of aliphatic imine (C=N–C) groups is 1. The molecule has 1 heterocycles. The fourth-order valence-corrected chi connectivity index (χ4v) is 1.30. The predicted octanol–water partition coefficient (Wildman–Crippen LogP) is 1.16. The number of thioether (sulfide) groups is 1. The Kier molecular flexibility index (Phi) is 2.16. The summed E-state index contributed by atoms with van der Waals surface area (Å²) < 4.78 is 0. The van der Waals surface area contributed by atoms with Crippen LogP contribution < -0.4 is 0 Å². The summed E-state index contributed by atoms with van der Waals surface area (Å²) in [4.78, 5) is 6.28. The van der Waals surface area contributed by atoms with Crippen molar-refractivity contribution in [3.63, 3.8) is 0 Å². The molecule has 0 N–H and O–H groups in total. The summed E-state index contributed by atoms with van der Waals surface area (Å²) in [6.07, 6.45) is 7.85. The number of hydrogen-bond donors (Lipinski definition) is 0. The van der Waals surface area contributed by atoms with Gasteiger partial charge in [0.2, 0.25) is 0 Å². The molecule has 1 atom stereocenters. The van der Waals surface area contributed by atoms with Crippen LogP contribution in [0.25, 0.3) is 0 Å². The standard InChI is InChI=1S/C6H10N2S/c1-8-5-3-4-7-6(8)9-2/h3-6H,1-2H3. The van der Waals surface area contributed by atoms with Gasteiger partial charge < -0.3 is 4.90 Å². The Morgan fingerprint density at radius 1 is 1.67 bits per heavy atom. The van der Waals surface area contributed by atoms with Gasteiger partial charge >= 0.3 is 0 Å². The molecule has 2 nitrogen and oxygen atoms in total. The Hall–Kier alpha value is -0.440. The molecular formula is C6H10N2S. The molecule has 0 aromatic rings. The van der Waals surface area contributed by atoms with Crippen LogP contribution in [0.2, 0.25) is 0 Å². The minimum atomic E-state index is 0.287. The van der Waals surface area contributed by atoms with Crippen LogP contribution in [-0.2, 0) is 0 Å². The van der Waals surface area contributed by atoms with Gasteiger partial charge in [0.25, 0.3) is 0 Å². The van der Waals surface area contributed by atoms with Crippen LogP contribution in [0.4, 0.5) is 0 Å². The van der Waals surface area contributed by atoms with Gasteiger partial charge in [-0.15, -0.1) is 11.8 Å². The quantitative estimate of drug-likeness (QED) is 0.546. The molecule has 0 aromatic carbocycles. The van der Waals surface area contributed by atoms with E-state index in [1.54, 1.807) is 11.8 Å². The lowest BCUT2D eigenvalue weighted by Gasteiger charge is -2.22. The summed E-state index contributed by atoms with van der Waals surface area (Å²) in [5.74, 6) is 0. The molecule has 3 heteroatoms. The first-order chi connectivity index (χ1) is 4.34. The first kappa shape index (κ1) is 6.68. The van der Waals surface area contributed by atoms with Crippen molar-refractivity contribution in [1.29, 1.82) is 0 Å². The minimum absolute atomic E-state index is 0.287. The first-order valence-corrected chi connectivity index (χ1v) is 4.08. The lowest BCUT2D eigenvalue weighted by Crippen LogP contribution is -2.23. The highest BCUT2D eigenvalue weighted by molar-refractivity contribution is 7.99. The van der Waals surface area contributed by atoms with Crippen molar-refractivity contribution in [1.82, 2.24) is 4.90 Å². The summed E-state index contributed by atoms with van der Waals surface area (Å²) in [6.45, 7) is 0. The van der Waals surface area contributed by atoms with E-state index in [9.17, 15) is 0 Å². The van der Waals surface area contributed by atoms with Crippen LogP contribution in [0.15, 0.2) is 17.3 Å². The lowest BCUT2D eigenvalue weighted by molar-refractivity contribution is 0.436. The van der Waals surface area contributed by atoms with Crippen molar-refractivity contribution >= 4 is 18.0 Å². The van der Waals surface area contributed by atoms with Crippen molar-refractivity contribution in [2.45, 2.75) is 5.50 Å². The molecule has 0 radical (unpaired) electrons. The van der Waals surface area contributed by atoms with E-state index < -0.39 is 0 Å². The van der Waals surface area contributed by atoms with E-state index in [2.05, 4.69) is 16.1 Å². The van der Waals surface area contributed by atoms with Crippen molar-refractivity contribution in [3.8, 4) is 0 Å². The molecule has 1 rings (SSSR count). The van der Waals surface area contributed by atoms with E-state index in [-0.39, 0.29) is 5.50 Å². The third kappa shape index (κ3) is 1.48. The highest BCUT2D eigenvalue weighted by Gasteiger charge is 2.07. The van der Waals surface area contributed by atoms with Gasteiger partial charge in [0.05, 0.1) is 0 Å². The molecular weight excluding hydrogens is 132 g/mol. The largest absolute Gasteiger partial charge is 0.351 e. The Morgan fingerprint density at radius 2 is 2.44 bits per heavy atom. The summed E-state index contributed by atoms with van der Waals surface area (Å²) in [7, 11) is 2.02. The Balaban J connectivity index is 2.55. The van der Waals surface area contributed by atoms with Gasteiger partial charge in [0, 0.05) is 19.5 Å². The molecule has 0 spiro atoms. The maximum atomic E-state index is 4.21. The molecule has 0 bridgehead atoms. The van der Waals surface area contributed by atoms with E-state index in [1.165, 1.54) is 0 Å². The summed E-state index contributed by atoms with van der Waals surface area (Å²) >= 11 is 1.73. The second kappa shape index (κ2) is 2.92. The first-order valence-electron chi connectivity index (χ1n) is 2.79. The fraction of sp³-hybridized carbons (Fsp3) is 0.500. The van der Waals surface area contributed by atoms with Crippen LogP contribution in [0.5, 0.6) is 0 Å². The predicted molar refractivity (Wildman–Crippen MR) is 42.7 cm³/mol. The maximum absolute atomic E-state index is 4.21. The summed E-state index contributed by atoms with van der Waals surface area (Å²) in [5, 5.41) is 0. The van der Waals surface area contributed by atoms with Gasteiger partial charge in [-0.2, -0.15) is 0 Å². The molecule has 9 heavy (non-hydrogen) atoms. The molecule has 0 aliphatic carbocycles. The van der Waals surface area contributed by atoms with E-state index in [4.69, 9.17) is 0 Å². The molecule has 1 unspecified atom stereocenters. The molecule has 1 aliphatic heterocycles. The second-order valence-corrected chi connectivity index (χ2v) is 2.76. The summed E-state index contributed by atoms with van der Waals surface area (Å²) in [6, 6.07) is 0. The van der Waals surface area contributed by atoms with E-state index >= 15 is 0 Å². The highest BCUT2D eigenvalue weighted by atomic mass is 32.2. The van der Waals surface area contributed by atoms with Crippen molar-refractivity contribution < 1.29 is 0 Å². The molecule has 50 valence electrons. The van der Waals surface area contributed by atoms with Gasteiger partial charge in [0.1, 0.15) is 0 Å². The van der Waals surface area contributed by atoms with Crippen LogP contribution >= 0.6 is 11.8 Å². The van der Waals surface area contributed by atoms with Gasteiger partial charge in [0.15, 0.2) is 5.50 Å². The lowest BCUT2D eigenvalue weighted by atomic mass is 10.6. The molecule has 0 aromatic heterocycles. The minimum Gasteiger partial charge on any atom is -0.351 e. The Morgan fingerprint density at radius 3 is 2.89 bits per heavy atom. The van der Waals surface area contributed by atoms with Gasteiger partial charge in [-0.3, -0.25) is 4.99 Å². The highest BCUT2D eigenvalue weighted by Crippen LogP contribution is 2.13. The fourth-order valence-electron chi connectivity index (χ4n) is 0.703. The van der Waals surface area contributed by atoms with Crippen LogP contribution in [0, 0.1) is 0 Å². The zero-order valence-electron chi connectivity index (χ0n) is 5.61. The molecule has 1 aliphatic rings. The second-order valence-electron chi connectivity index (χ2n) is 1.87. The number of allylic oxidation sites excluding steroid dienone is 1. The molecule has 0 fully saturated rings. The Labute approximate surface area is 59.6 Å². The number of nitrogens with zero attached hydrogens (tertiary/aromatic N) is 2. The van der Waals surface area contributed by atoms with E-state index in [0.29, 0.717) is 0 Å². The normalized spacial score (nSPS) is 25.1. The molecule has 0 saturated heterocycles. The molecule has 0 amide bonds. The zero-order valence-corrected chi connectivity index (χ0v) is 6.43. The van der Waals surface area contributed by atoms with Gasteiger partial charge in [-0.1, -0.05) is 0 Å². The average molecular weight is 142 g/mol. The van der Waals surface area contributed by atoms with E-state index in [1.807, 2.05) is 25.5 Å². The smallest absolute Gasteiger partial charge is 0.168 e. The van der Waals surface area contributed by atoms with Gasteiger partial charge in [-0.05, 0) is 12.3 Å². The van der Waals surface area contributed by atoms with Crippen LogP contribution in [0.1, 0.15) is 0 Å². The van der Waals surface area contributed by atoms with Crippen LogP contribution in [-0.4, -0.2) is 29.9 Å². The number of hydrogen-bond acceptors (Lipinski definition) is 3. The van der Waals surface area contributed by atoms with Crippen LogP contribution in [0.3, 0.4) is 0 Å². The van der Waals surface area contributed by atoms with Gasteiger partial charge in [-0.25, -0.2) is 0 Å². The summed E-state index contributed by atoms with van der Waals surface area (Å²) in [5.41, 5.74) is 0.287. The van der Waals surface area contributed by atoms with Crippen molar-refractivity contribution in [2.24, 2.45) is 4.99 Å². The maximum Gasteiger partial charge on any atom is 0.168 e. The third-order valence-corrected chi connectivity index (χ3v) is 2.06.